The molecule has 3 aliphatic heterocycles. The van der Waals surface area contributed by atoms with E-state index in [-0.39, 0.29) is 5.69 Å². The second-order valence-corrected chi connectivity index (χ2v) is 10.5. The molecule has 0 amide bonds. The number of fused-ring (bicyclic) bond motifs is 2. The number of halogens is 5. The fourth-order valence-corrected chi connectivity index (χ4v) is 6.73. The smallest absolute Gasteiger partial charge is 0.278 e. The Bertz CT molecular complexity index is 1050. The van der Waals surface area contributed by atoms with Gasteiger partial charge in [0.15, 0.2) is 11.6 Å². The summed E-state index contributed by atoms with van der Waals surface area (Å²) in [5.74, 6) is -5.18. The van der Waals surface area contributed by atoms with Crippen LogP contribution in [0.2, 0.25) is 0 Å². The quantitative estimate of drug-likeness (QED) is 0.552. The average molecular weight is 488 g/mol. The first kappa shape index (κ1) is 22.3. The largest absolute Gasteiger partial charge is 0.367 e. The minimum absolute atomic E-state index is 0.204. The van der Waals surface area contributed by atoms with Crippen molar-refractivity contribution in [2.45, 2.75) is 43.1 Å². The van der Waals surface area contributed by atoms with Crippen LogP contribution in [0.4, 0.5) is 17.6 Å². The number of para-hydroxylation sites is 1. The summed E-state index contributed by atoms with van der Waals surface area (Å²) in [6, 6.07) is 3.71. The molecular weight excluding hydrogens is 466 g/mol. The van der Waals surface area contributed by atoms with Crippen LogP contribution in [-0.4, -0.2) is 51.2 Å². The zero-order valence-corrected chi connectivity index (χ0v) is 18.9. The Morgan fingerprint density at radius 1 is 1.22 bits per heavy atom. The Balaban J connectivity index is 1.29. The molecule has 2 aromatic rings. The van der Waals surface area contributed by atoms with Gasteiger partial charge < -0.3 is 4.74 Å². The zero-order valence-electron chi connectivity index (χ0n) is 17.3. The number of aromatic nitrogens is 2. The van der Waals surface area contributed by atoms with Gasteiger partial charge in [0, 0.05) is 31.4 Å². The van der Waals surface area contributed by atoms with Crippen molar-refractivity contribution in [2.24, 2.45) is 5.92 Å². The third kappa shape index (κ3) is 3.77. The molecule has 5 rings (SSSR count). The number of allylic oxidation sites excluding steroid dienone is 1. The van der Waals surface area contributed by atoms with E-state index in [0.29, 0.717) is 42.5 Å². The summed E-state index contributed by atoms with van der Waals surface area (Å²) >= 11 is 7.39. The van der Waals surface area contributed by atoms with Crippen LogP contribution in [0, 0.1) is 24.5 Å². The van der Waals surface area contributed by atoms with Crippen LogP contribution in [0.3, 0.4) is 0 Å². The van der Waals surface area contributed by atoms with Gasteiger partial charge in [-0.15, -0.1) is 11.8 Å². The fraction of sp³-hybridized carbons (Fsp3) is 0.500. The molecular formula is C22H22ClF4N3OS. The summed E-state index contributed by atoms with van der Waals surface area (Å²) in [6.07, 6.45) is 4.35. The van der Waals surface area contributed by atoms with E-state index in [0.717, 1.165) is 5.56 Å². The van der Waals surface area contributed by atoms with Crippen LogP contribution in [0.25, 0.3) is 5.69 Å². The Hall–Kier alpha value is -1.55. The first-order valence-electron chi connectivity index (χ1n) is 10.5. The van der Waals surface area contributed by atoms with Crippen molar-refractivity contribution >= 4 is 23.4 Å². The van der Waals surface area contributed by atoms with Gasteiger partial charge >= 0.3 is 0 Å². The number of hydrogen-bond acceptors (Lipinski definition) is 4. The SMILES string of the molecule is Cc1nn(-c2c(F)cccc2F)cc1CN1CCC2(CC1)OCC(F)(F)C1C=C(Cl)SC12. The molecule has 1 aromatic heterocycles. The summed E-state index contributed by atoms with van der Waals surface area (Å²) < 4.78 is 64.4. The maximum atomic E-state index is 14.4. The average Bonchev–Trinajstić information content (AvgIpc) is 3.31. The number of likely N-dealkylation sites (tertiary alicyclic amines) is 1. The molecule has 3 aliphatic rings. The molecule has 2 saturated heterocycles. The first-order valence-corrected chi connectivity index (χ1v) is 11.7. The van der Waals surface area contributed by atoms with Gasteiger partial charge in [0.2, 0.25) is 0 Å². The van der Waals surface area contributed by atoms with Crippen molar-refractivity contribution in [3.63, 3.8) is 0 Å². The lowest BCUT2D eigenvalue weighted by Gasteiger charge is -2.51. The standard InChI is InChI=1S/C22H22ClF4N3OS/c1-13-14(11-30(28-13)19-16(24)3-2-4-17(19)25)10-29-7-5-21(6-8-29)20-15(9-18(23)32-20)22(26,27)12-31-21/h2-4,9,11,15,20H,5-8,10,12H2,1H3. The number of ether oxygens (including phenoxy) is 1. The van der Waals surface area contributed by atoms with Crippen LogP contribution < -0.4 is 0 Å². The van der Waals surface area contributed by atoms with Crippen LogP contribution in [0.1, 0.15) is 24.1 Å². The van der Waals surface area contributed by atoms with Gasteiger partial charge in [0.25, 0.3) is 5.92 Å². The third-order valence-electron chi connectivity index (χ3n) is 6.70. The molecule has 1 spiro atoms. The fourth-order valence-electron chi connectivity index (χ4n) is 4.89. The molecule has 0 saturated carbocycles. The number of aryl methyl sites for hydroxylation is 1. The molecule has 0 bridgehead atoms. The molecule has 0 radical (unpaired) electrons. The molecule has 2 fully saturated rings. The van der Waals surface area contributed by atoms with Crippen molar-refractivity contribution in [2.75, 3.05) is 19.7 Å². The van der Waals surface area contributed by atoms with E-state index < -0.39 is 40.9 Å². The maximum absolute atomic E-state index is 14.4. The van der Waals surface area contributed by atoms with Gasteiger partial charge in [-0.2, -0.15) is 5.10 Å². The third-order valence-corrected chi connectivity index (χ3v) is 8.43. The monoisotopic (exact) mass is 487 g/mol. The van der Waals surface area contributed by atoms with E-state index in [2.05, 4.69) is 10.00 Å². The number of benzene rings is 1. The zero-order chi connectivity index (χ0) is 22.7. The van der Waals surface area contributed by atoms with Gasteiger partial charge in [0.1, 0.15) is 12.3 Å². The molecule has 2 atom stereocenters. The van der Waals surface area contributed by atoms with Gasteiger partial charge in [-0.1, -0.05) is 17.7 Å². The molecule has 10 heteroatoms. The van der Waals surface area contributed by atoms with Crippen LogP contribution in [0.5, 0.6) is 0 Å². The van der Waals surface area contributed by atoms with E-state index in [1.165, 1.54) is 40.7 Å². The molecule has 1 aromatic carbocycles. The Morgan fingerprint density at radius 3 is 2.59 bits per heavy atom. The Kier molecular flexibility index (Phi) is 5.59. The van der Waals surface area contributed by atoms with E-state index in [4.69, 9.17) is 16.3 Å². The molecule has 0 N–H and O–H groups in total. The summed E-state index contributed by atoms with van der Waals surface area (Å²) in [5.41, 5.74) is 0.710. The molecule has 4 heterocycles. The minimum Gasteiger partial charge on any atom is -0.367 e. The first-order chi connectivity index (χ1) is 15.2. The summed E-state index contributed by atoms with van der Waals surface area (Å²) in [5, 5.41) is 3.90. The number of thioether (sulfide) groups is 1. The number of alkyl halides is 2. The molecule has 4 nitrogen and oxygen atoms in total. The Labute approximate surface area is 192 Å². The van der Waals surface area contributed by atoms with E-state index >= 15 is 0 Å². The maximum Gasteiger partial charge on any atom is 0.278 e. The van der Waals surface area contributed by atoms with Gasteiger partial charge in [0.05, 0.1) is 26.8 Å². The van der Waals surface area contributed by atoms with Crippen molar-refractivity contribution in [3.8, 4) is 5.69 Å². The predicted octanol–water partition coefficient (Wildman–Crippen LogP) is 5.27. The molecule has 32 heavy (non-hydrogen) atoms. The lowest BCUT2D eigenvalue weighted by atomic mass is 9.77. The van der Waals surface area contributed by atoms with Gasteiger partial charge in [-0.05, 0) is 38.0 Å². The van der Waals surface area contributed by atoms with Crippen molar-refractivity contribution in [1.82, 2.24) is 14.7 Å². The summed E-state index contributed by atoms with van der Waals surface area (Å²) in [7, 11) is 0. The van der Waals surface area contributed by atoms with Crippen LogP contribution >= 0.6 is 23.4 Å². The highest BCUT2D eigenvalue weighted by Crippen LogP contribution is 2.56. The van der Waals surface area contributed by atoms with Crippen molar-refractivity contribution < 1.29 is 22.3 Å². The second-order valence-electron chi connectivity index (χ2n) is 8.68. The van der Waals surface area contributed by atoms with Gasteiger partial charge in [-0.3, -0.25) is 4.90 Å². The highest BCUT2D eigenvalue weighted by molar-refractivity contribution is 8.05. The van der Waals surface area contributed by atoms with E-state index in [9.17, 15) is 17.6 Å². The number of nitrogens with zero attached hydrogens (tertiary/aromatic N) is 3. The number of hydrogen-bond donors (Lipinski definition) is 0. The highest BCUT2D eigenvalue weighted by Gasteiger charge is 2.60. The van der Waals surface area contributed by atoms with Crippen molar-refractivity contribution in [1.29, 1.82) is 0 Å². The highest BCUT2D eigenvalue weighted by atomic mass is 35.5. The second kappa shape index (κ2) is 8.04. The minimum atomic E-state index is -2.91. The van der Waals surface area contributed by atoms with E-state index in [1.807, 2.05) is 0 Å². The normalized spacial score (nSPS) is 26.9. The molecule has 0 aliphatic carbocycles. The van der Waals surface area contributed by atoms with E-state index in [1.54, 1.807) is 13.1 Å². The summed E-state index contributed by atoms with van der Waals surface area (Å²) in [6.45, 7) is 3.08. The molecule has 2 unspecified atom stereocenters. The molecule has 172 valence electrons. The van der Waals surface area contributed by atoms with Crippen molar-refractivity contribution in [3.05, 3.63) is 57.7 Å². The summed E-state index contributed by atoms with van der Waals surface area (Å²) in [4.78, 5) is 2.19. The predicted molar refractivity (Wildman–Crippen MR) is 115 cm³/mol. The number of rotatable bonds is 3. The lowest BCUT2D eigenvalue weighted by molar-refractivity contribution is -0.215. The van der Waals surface area contributed by atoms with Crippen LogP contribution in [0.15, 0.2) is 34.8 Å². The number of piperidine rings is 1. The van der Waals surface area contributed by atoms with Crippen LogP contribution in [-0.2, 0) is 11.3 Å². The topological polar surface area (TPSA) is 30.3 Å². The Morgan fingerprint density at radius 2 is 1.91 bits per heavy atom. The lowest BCUT2D eigenvalue weighted by Crippen LogP contribution is -2.61. The van der Waals surface area contributed by atoms with Gasteiger partial charge in [-0.25, -0.2) is 22.2 Å².